The Morgan fingerprint density at radius 3 is 2.13 bits per heavy atom. The maximum atomic E-state index is 12.1. The second kappa shape index (κ2) is 9.99. The molecule has 30 heavy (non-hydrogen) atoms. The lowest BCUT2D eigenvalue weighted by molar-refractivity contribution is -0.123. The SMILES string of the molecule is COc1ccc(CNC(=O)COc2ccc(-c3ccc(C#N)cc3)cc2)cc1OC. The predicted molar refractivity (Wildman–Crippen MR) is 113 cm³/mol. The minimum atomic E-state index is -0.221. The van der Waals surface area contributed by atoms with Crippen LogP contribution in [0, 0.1) is 11.3 Å². The molecule has 0 atom stereocenters. The summed E-state index contributed by atoms with van der Waals surface area (Å²) in [6.07, 6.45) is 0. The molecule has 6 heteroatoms. The Labute approximate surface area is 175 Å². The number of nitrogens with zero attached hydrogens (tertiary/aromatic N) is 1. The molecule has 0 saturated carbocycles. The van der Waals surface area contributed by atoms with Gasteiger partial charge in [0.1, 0.15) is 5.75 Å². The summed E-state index contributed by atoms with van der Waals surface area (Å²) in [5.74, 6) is 1.64. The molecule has 0 aromatic heterocycles. The van der Waals surface area contributed by atoms with E-state index >= 15 is 0 Å². The highest BCUT2D eigenvalue weighted by Crippen LogP contribution is 2.27. The number of nitriles is 1. The van der Waals surface area contributed by atoms with E-state index in [1.54, 1.807) is 32.4 Å². The van der Waals surface area contributed by atoms with Crippen LogP contribution in [-0.4, -0.2) is 26.7 Å². The second-order valence-corrected chi connectivity index (χ2v) is 6.47. The molecule has 0 saturated heterocycles. The van der Waals surface area contributed by atoms with Crippen LogP contribution < -0.4 is 19.5 Å². The molecule has 0 spiro atoms. The average Bonchev–Trinajstić information content (AvgIpc) is 2.81. The summed E-state index contributed by atoms with van der Waals surface area (Å²) < 4.78 is 16.0. The Morgan fingerprint density at radius 2 is 1.53 bits per heavy atom. The van der Waals surface area contributed by atoms with Crippen molar-refractivity contribution in [3.05, 3.63) is 77.9 Å². The molecule has 3 aromatic carbocycles. The van der Waals surface area contributed by atoms with Gasteiger partial charge in [-0.2, -0.15) is 5.26 Å². The van der Waals surface area contributed by atoms with Gasteiger partial charge in [0.05, 0.1) is 25.9 Å². The molecule has 3 rings (SSSR count). The topological polar surface area (TPSA) is 80.6 Å². The summed E-state index contributed by atoms with van der Waals surface area (Å²) in [7, 11) is 3.15. The molecule has 6 nitrogen and oxygen atoms in total. The van der Waals surface area contributed by atoms with E-state index in [-0.39, 0.29) is 12.5 Å². The number of rotatable bonds is 8. The van der Waals surface area contributed by atoms with Gasteiger partial charge in [-0.05, 0) is 53.1 Å². The van der Waals surface area contributed by atoms with Crippen LogP contribution in [-0.2, 0) is 11.3 Å². The van der Waals surface area contributed by atoms with Crippen molar-refractivity contribution in [3.63, 3.8) is 0 Å². The number of hydrogen-bond acceptors (Lipinski definition) is 5. The molecular formula is C24H22N2O4. The number of nitrogens with one attached hydrogen (secondary N) is 1. The molecule has 0 bridgehead atoms. The van der Waals surface area contributed by atoms with E-state index in [9.17, 15) is 4.79 Å². The quantitative estimate of drug-likeness (QED) is 0.617. The van der Waals surface area contributed by atoms with Crippen LogP contribution in [0.2, 0.25) is 0 Å². The van der Waals surface area contributed by atoms with Crippen molar-refractivity contribution in [2.45, 2.75) is 6.54 Å². The van der Waals surface area contributed by atoms with Crippen molar-refractivity contribution < 1.29 is 19.0 Å². The molecule has 3 aromatic rings. The van der Waals surface area contributed by atoms with Gasteiger partial charge in [-0.15, -0.1) is 0 Å². The molecule has 1 amide bonds. The largest absolute Gasteiger partial charge is 0.493 e. The third-order valence-corrected chi connectivity index (χ3v) is 4.51. The number of benzene rings is 3. The number of methoxy groups -OCH3 is 2. The van der Waals surface area contributed by atoms with E-state index in [0.717, 1.165) is 16.7 Å². The molecule has 0 aliphatic carbocycles. The number of hydrogen-bond donors (Lipinski definition) is 1. The zero-order valence-corrected chi connectivity index (χ0v) is 16.8. The smallest absolute Gasteiger partial charge is 0.258 e. The highest BCUT2D eigenvalue weighted by Gasteiger charge is 2.07. The summed E-state index contributed by atoms with van der Waals surface area (Å²) in [6, 6.07) is 22.4. The number of carbonyl (C=O) groups excluding carboxylic acids is 1. The van der Waals surface area contributed by atoms with Gasteiger partial charge in [0.15, 0.2) is 18.1 Å². The zero-order valence-electron chi connectivity index (χ0n) is 16.8. The first-order valence-electron chi connectivity index (χ1n) is 9.34. The molecular weight excluding hydrogens is 380 g/mol. The second-order valence-electron chi connectivity index (χ2n) is 6.47. The first-order valence-corrected chi connectivity index (χ1v) is 9.34. The lowest BCUT2D eigenvalue weighted by atomic mass is 10.0. The van der Waals surface area contributed by atoms with Crippen molar-refractivity contribution >= 4 is 5.91 Å². The Balaban J connectivity index is 1.50. The average molecular weight is 402 g/mol. The predicted octanol–water partition coefficient (Wildman–Crippen LogP) is 3.94. The van der Waals surface area contributed by atoms with E-state index in [4.69, 9.17) is 19.5 Å². The lowest BCUT2D eigenvalue weighted by Gasteiger charge is -2.11. The highest BCUT2D eigenvalue weighted by atomic mass is 16.5. The van der Waals surface area contributed by atoms with Crippen molar-refractivity contribution in [2.75, 3.05) is 20.8 Å². The van der Waals surface area contributed by atoms with E-state index < -0.39 is 0 Å². The molecule has 152 valence electrons. The van der Waals surface area contributed by atoms with Gasteiger partial charge < -0.3 is 19.5 Å². The summed E-state index contributed by atoms with van der Waals surface area (Å²) in [4.78, 5) is 12.1. The Hall–Kier alpha value is -3.98. The van der Waals surface area contributed by atoms with Gasteiger partial charge in [-0.1, -0.05) is 30.3 Å². The molecule has 0 unspecified atom stereocenters. The highest BCUT2D eigenvalue weighted by molar-refractivity contribution is 5.77. The maximum absolute atomic E-state index is 12.1. The van der Waals surface area contributed by atoms with Crippen molar-refractivity contribution in [3.8, 4) is 34.4 Å². The normalized spacial score (nSPS) is 10.0. The Bertz CT molecular complexity index is 1040. The van der Waals surface area contributed by atoms with Gasteiger partial charge in [-0.25, -0.2) is 0 Å². The fourth-order valence-electron chi connectivity index (χ4n) is 2.87. The molecule has 0 aliphatic heterocycles. The zero-order chi connectivity index (χ0) is 21.3. The van der Waals surface area contributed by atoms with Crippen molar-refractivity contribution in [1.29, 1.82) is 5.26 Å². The van der Waals surface area contributed by atoms with Crippen LogP contribution in [0.1, 0.15) is 11.1 Å². The third-order valence-electron chi connectivity index (χ3n) is 4.51. The summed E-state index contributed by atoms with van der Waals surface area (Å²) in [6.45, 7) is 0.281. The van der Waals surface area contributed by atoms with Crippen LogP contribution in [0.3, 0.4) is 0 Å². The minimum Gasteiger partial charge on any atom is -0.493 e. The fourth-order valence-corrected chi connectivity index (χ4v) is 2.87. The standard InChI is InChI=1S/C24H22N2O4/c1-28-22-12-5-18(13-23(22)29-2)15-26-24(27)16-30-21-10-8-20(9-11-21)19-6-3-17(14-25)4-7-19/h3-13H,15-16H2,1-2H3,(H,26,27). The summed E-state index contributed by atoms with van der Waals surface area (Å²) in [5, 5.41) is 11.7. The van der Waals surface area contributed by atoms with Gasteiger partial charge >= 0.3 is 0 Å². The van der Waals surface area contributed by atoms with Crippen LogP contribution in [0.4, 0.5) is 0 Å². The van der Waals surface area contributed by atoms with E-state index in [1.165, 1.54) is 0 Å². The van der Waals surface area contributed by atoms with Crippen molar-refractivity contribution in [2.24, 2.45) is 0 Å². The molecule has 0 aliphatic rings. The van der Waals surface area contributed by atoms with Crippen LogP contribution in [0.15, 0.2) is 66.7 Å². The minimum absolute atomic E-state index is 0.0799. The Morgan fingerprint density at radius 1 is 0.900 bits per heavy atom. The van der Waals surface area contributed by atoms with Crippen LogP contribution >= 0.6 is 0 Å². The molecule has 0 heterocycles. The molecule has 0 fully saturated rings. The first kappa shape index (κ1) is 20.7. The lowest BCUT2D eigenvalue weighted by Crippen LogP contribution is -2.28. The van der Waals surface area contributed by atoms with E-state index in [1.807, 2.05) is 48.5 Å². The number of amides is 1. The maximum Gasteiger partial charge on any atom is 0.258 e. The first-order chi connectivity index (χ1) is 14.6. The van der Waals surface area contributed by atoms with Crippen LogP contribution in [0.5, 0.6) is 17.2 Å². The summed E-state index contributed by atoms with van der Waals surface area (Å²) >= 11 is 0. The van der Waals surface area contributed by atoms with Gasteiger partial charge in [0.2, 0.25) is 0 Å². The van der Waals surface area contributed by atoms with Gasteiger partial charge in [0.25, 0.3) is 5.91 Å². The van der Waals surface area contributed by atoms with Gasteiger partial charge in [0, 0.05) is 6.54 Å². The fraction of sp³-hybridized carbons (Fsp3) is 0.167. The number of ether oxygens (including phenoxy) is 3. The third kappa shape index (κ3) is 5.30. The number of carbonyl (C=O) groups is 1. The summed E-state index contributed by atoms with van der Waals surface area (Å²) in [5.41, 5.74) is 3.53. The van der Waals surface area contributed by atoms with Crippen molar-refractivity contribution in [1.82, 2.24) is 5.32 Å². The van der Waals surface area contributed by atoms with E-state index in [2.05, 4.69) is 11.4 Å². The van der Waals surface area contributed by atoms with Crippen LogP contribution in [0.25, 0.3) is 11.1 Å². The molecule has 0 radical (unpaired) electrons. The van der Waals surface area contributed by atoms with Gasteiger partial charge in [-0.3, -0.25) is 4.79 Å². The van der Waals surface area contributed by atoms with E-state index in [0.29, 0.717) is 29.4 Å². The Kier molecular flexibility index (Phi) is 6.91. The monoisotopic (exact) mass is 402 g/mol. The molecule has 1 N–H and O–H groups in total.